The van der Waals surface area contributed by atoms with E-state index >= 15 is 0 Å². The van der Waals surface area contributed by atoms with E-state index in [1.807, 2.05) is 6.07 Å². The molecule has 5 nitrogen and oxygen atoms in total. The molecule has 3 aromatic rings. The first-order valence-electron chi connectivity index (χ1n) is 7.44. The predicted octanol–water partition coefficient (Wildman–Crippen LogP) is 2.53. The summed E-state index contributed by atoms with van der Waals surface area (Å²) in [5.74, 6) is -0.484. The van der Waals surface area contributed by atoms with Crippen LogP contribution in [-0.4, -0.2) is 21.1 Å². The number of rotatable bonds is 5. The number of hydrogen-bond acceptors (Lipinski definition) is 4. The van der Waals surface area contributed by atoms with Crippen LogP contribution >= 0.6 is 0 Å². The number of halogens is 1. The highest BCUT2D eigenvalue weighted by atomic mass is 19.1. The van der Waals surface area contributed by atoms with Crippen molar-refractivity contribution in [2.75, 3.05) is 0 Å². The largest absolute Gasteiger partial charge is 0.348 e. The Morgan fingerprint density at radius 2 is 1.96 bits per heavy atom. The number of carbonyl (C=O) groups is 1. The maximum absolute atomic E-state index is 13.2. The van der Waals surface area contributed by atoms with E-state index < -0.39 is 0 Å². The lowest BCUT2D eigenvalue weighted by Crippen LogP contribution is -2.23. The van der Waals surface area contributed by atoms with Crippen molar-refractivity contribution in [1.82, 2.24) is 20.5 Å². The zero-order chi connectivity index (χ0) is 16.8. The van der Waals surface area contributed by atoms with Gasteiger partial charge in [-0.05, 0) is 41.5 Å². The molecule has 2 aromatic heterocycles. The van der Waals surface area contributed by atoms with E-state index in [0.717, 1.165) is 11.1 Å². The van der Waals surface area contributed by atoms with Crippen LogP contribution in [-0.2, 0) is 13.0 Å². The molecule has 0 saturated carbocycles. The van der Waals surface area contributed by atoms with Crippen molar-refractivity contribution >= 4 is 5.91 Å². The summed E-state index contributed by atoms with van der Waals surface area (Å²) < 4.78 is 13.2. The third kappa shape index (κ3) is 4.19. The van der Waals surface area contributed by atoms with Crippen LogP contribution in [0.3, 0.4) is 0 Å². The molecule has 3 rings (SSSR count). The summed E-state index contributed by atoms with van der Waals surface area (Å²) in [5.41, 5.74) is 2.90. The van der Waals surface area contributed by atoms with Crippen molar-refractivity contribution in [3.8, 4) is 0 Å². The normalized spacial score (nSPS) is 10.4. The summed E-state index contributed by atoms with van der Waals surface area (Å²) in [6.07, 6.45) is 5.22. The van der Waals surface area contributed by atoms with Crippen LogP contribution in [0.15, 0.2) is 61.1 Å². The van der Waals surface area contributed by atoms with Crippen molar-refractivity contribution in [3.05, 3.63) is 89.3 Å². The zero-order valence-corrected chi connectivity index (χ0v) is 12.8. The Labute approximate surface area is 138 Å². The smallest absolute Gasteiger partial charge is 0.251 e. The molecule has 0 saturated heterocycles. The van der Waals surface area contributed by atoms with Crippen LogP contribution < -0.4 is 5.32 Å². The minimum Gasteiger partial charge on any atom is -0.348 e. The summed E-state index contributed by atoms with van der Waals surface area (Å²) in [4.78, 5) is 16.5. The second kappa shape index (κ2) is 7.41. The maximum atomic E-state index is 13.2. The predicted molar refractivity (Wildman–Crippen MR) is 86.6 cm³/mol. The van der Waals surface area contributed by atoms with Gasteiger partial charge < -0.3 is 5.32 Å². The molecular formula is C18H15FN4O. The number of nitrogens with zero attached hydrogens (tertiary/aromatic N) is 3. The number of pyridine rings is 1. The third-order valence-electron chi connectivity index (χ3n) is 3.45. The van der Waals surface area contributed by atoms with E-state index in [0.29, 0.717) is 24.2 Å². The van der Waals surface area contributed by atoms with Gasteiger partial charge in [0.25, 0.3) is 5.91 Å². The molecule has 0 unspecified atom stereocenters. The van der Waals surface area contributed by atoms with E-state index in [9.17, 15) is 9.18 Å². The fraction of sp³-hybridized carbons (Fsp3) is 0.111. The van der Waals surface area contributed by atoms with Gasteiger partial charge in [0.15, 0.2) is 0 Å². The Kier molecular flexibility index (Phi) is 4.86. The van der Waals surface area contributed by atoms with Crippen LogP contribution in [0.2, 0.25) is 0 Å². The first kappa shape index (κ1) is 15.7. The molecule has 0 aliphatic heterocycles. The minimum absolute atomic E-state index is 0.199. The molecule has 6 heteroatoms. The van der Waals surface area contributed by atoms with Gasteiger partial charge >= 0.3 is 0 Å². The van der Waals surface area contributed by atoms with E-state index in [1.54, 1.807) is 42.9 Å². The van der Waals surface area contributed by atoms with Gasteiger partial charge in [-0.3, -0.25) is 9.78 Å². The van der Waals surface area contributed by atoms with Gasteiger partial charge in [-0.2, -0.15) is 10.2 Å². The lowest BCUT2D eigenvalue weighted by Gasteiger charge is -2.07. The van der Waals surface area contributed by atoms with Crippen LogP contribution in [0.5, 0.6) is 0 Å². The summed E-state index contributed by atoms with van der Waals surface area (Å²) in [6.45, 7) is 0.371. The fourth-order valence-corrected chi connectivity index (χ4v) is 2.28. The lowest BCUT2D eigenvalue weighted by atomic mass is 10.1. The molecule has 120 valence electrons. The number of carbonyl (C=O) groups excluding carboxylic acids is 1. The number of aromatic nitrogens is 3. The van der Waals surface area contributed by atoms with Crippen molar-refractivity contribution in [2.45, 2.75) is 13.0 Å². The Morgan fingerprint density at radius 1 is 1.04 bits per heavy atom. The molecular weight excluding hydrogens is 307 g/mol. The second-order valence-corrected chi connectivity index (χ2v) is 5.28. The van der Waals surface area contributed by atoms with Gasteiger partial charge in [-0.25, -0.2) is 4.39 Å². The summed E-state index contributed by atoms with van der Waals surface area (Å²) in [5, 5.41) is 10.3. The van der Waals surface area contributed by atoms with Gasteiger partial charge in [0, 0.05) is 36.6 Å². The highest BCUT2D eigenvalue weighted by molar-refractivity contribution is 5.94. The standard InChI is InChI=1S/C18H15FN4O/c19-16-3-1-2-13(8-16)9-17-10-15(5-6-20-17)18(24)21-11-14-4-7-22-23-12-14/h1-8,10,12H,9,11H2,(H,21,24). The second-order valence-electron chi connectivity index (χ2n) is 5.28. The average Bonchev–Trinajstić information content (AvgIpc) is 2.61. The first-order chi connectivity index (χ1) is 11.7. The van der Waals surface area contributed by atoms with Gasteiger partial charge in [0.05, 0.1) is 6.20 Å². The van der Waals surface area contributed by atoms with Crippen LogP contribution in [0.25, 0.3) is 0 Å². The number of amides is 1. The zero-order valence-electron chi connectivity index (χ0n) is 12.8. The molecule has 1 N–H and O–H groups in total. The summed E-state index contributed by atoms with van der Waals surface area (Å²) in [6, 6.07) is 11.5. The van der Waals surface area contributed by atoms with E-state index in [2.05, 4.69) is 20.5 Å². The molecule has 0 aliphatic rings. The topological polar surface area (TPSA) is 67.8 Å². The van der Waals surface area contributed by atoms with E-state index in [4.69, 9.17) is 0 Å². The lowest BCUT2D eigenvalue weighted by molar-refractivity contribution is 0.0950. The van der Waals surface area contributed by atoms with Gasteiger partial charge in [-0.1, -0.05) is 12.1 Å². The van der Waals surface area contributed by atoms with Crippen LogP contribution in [0.1, 0.15) is 27.2 Å². The maximum Gasteiger partial charge on any atom is 0.251 e. The Balaban J connectivity index is 1.67. The van der Waals surface area contributed by atoms with Crippen molar-refractivity contribution in [1.29, 1.82) is 0 Å². The highest BCUT2D eigenvalue weighted by Gasteiger charge is 2.08. The van der Waals surface area contributed by atoms with Crippen LogP contribution in [0, 0.1) is 5.82 Å². The van der Waals surface area contributed by atoms with Crippen LogP contribution in [0.4, 0.5) is 4.39 Å². The van der Waals surface area contributed by atoms with Crippen molar-refractivity contribution < 1.29 is 9.18 Å². The third-order valence-corrected chi connectivity index (χ3v) is 3.45. The monoisotopic (exact) mass is 322 g/mol. The minimum atomic E-state index is -0.285. The molecule has 0 fully saturated rings. The SMILES string of the molecule is O=C(NCc1ccnnc1)c1ccnc(Cc2cccc(F)c2)c1. The molecule has 1 aromatic carbocycles. The van der Waals surface area contributed by atoms with Crippen molar-refractivity contribution in [3.63, 3.8) is 0 Å². The quantitative estimate of drug-likeness (QED) is 0.784. The van der Waals surface area contributed by atoms with Gasteiger partial charge in [0.2, 0.25) is 0 Å². The van der Waals surface area contributed by atoms with E-state index in [-0.39, 0.29) is 11.7 Å². The Hall–Kier alpha value is -3.15. The molecule has 0 atom stereocenters. The molecule has 0 spiro atoms. The molecule has 1 amide bonds. The van der Waals surface area contributed by atoms with Crippen molar-refractivity contribution in [2.24, 2.45) is 0 Å². The summed E-state index contributed by atoms with van der Waals surface area (Å²) in [7, 11) is 0. The highest BCUT2D eigenvalue weighted by Crippen LogP contribution is 2.11. The first-order valence-corrected chi connectivity index (χ1v) is 7.44. The molecule has 0 aliphatic carbocycles. The van der Waals surface area contributed by atoms with Gasteiger partial charge in [-0.15, -0.1) is 0 Å². The number of nitrogens with one attached hydrogen (secondary N) is 1. The summed E-state index contributed by atoms with van der Waals surface area (Å²) >= 11 is 0. The Morgan fingerprint density at radius 3 is 2.75 bits per heavy atom. The average molecular weight is 322 g/mol. The molecule has 2 heterocycles. The number of benzene rings is 1. The molecule has 24 heavy (non-hydrogen) atoms. The van der Waals surface area contributed by atoms with Gasteiger partial charge in [0.1, 0.15) is 5.82 Å². The fourth-order valence-electron chi connectivity index (χ4n) is 2.28. The Bertz CT molecular complexity index is 839. The van der Waals surface area contributed by atoms with E-state index in [1.165, 1.54) is 12.1 Å². The number of hydrogen-bond donors (Lipinski definition) is 1. The molecule has 0 radical (unpaired) electrons. The molecule has 0 bridgehead atoms.